The standard InChI is InChI=1S/C23H28N6O3/c1-16(30)25-19-4-2-17(3-5-19)14-22(31)28-10-12-29(13-11-28)23(32)21-15-20(26-27-21)18-6-8-24-9-7-18/h2-9,20-21,26-27H,10-15H2,1H3,(H,25,30). The van der Waals surface area contributed by atoms with Gasteiger partial charge in [-0.2, -0.15) is 0 Å². The number of aromatic nitrogens is 1. The van der Waals surface area contributed by atoms with Crippen LogP contribution in [-0.4, -0.2) is 64.7 Å². The van der Waals surface area contributed by atoms with Crippen LogP contribution in [0.3, 0.4) is 0 Å². The Bertz CT molecular complexity index is 957. The van der Waals surface area contributed by atoms with Crippen molar-refractivity contribution < 1.29 is 14.4 Å². The Morgan fingerprint density at radius 2 is 1.62 bits per heavy atom. The van der Waals surface area contributed by atoms with Crippen molar-refractivity contribution in [2.75, 3.05) is 31.5 Å². The average Bonchev–Trinajstić information content (AvgIpc) is 3.31. The van der Waals surface area contributed by atoms with Crippen LogP contribution in [0.4, 0.5) is 5.69 Å². The van der Waals surface area contributed by atoms with Gasteiger partial charge in [-0.1, -0.05) is 12.1 Å². The molecule has 2 aromatic rings. The van der Waals surface area contributed by atoms with E-state index in [0.717, 1.165) is 11.1 Å². The summed E-state index contributed by atoms with van der Waals surface area (Å²) in [5.74, 6) is -0.0183. The predicted molar refractivity (Wildman–Crippen MR) is 119 cm³/mol. The SMILES string of the molecule is CC(=O)Nc1ccc(CC(=O)N2CCN(C(=O)C3CC(c4ccncc4)NN3)CC2)cc1. The van der Waals surface area contributed by atoms with Gasteiger partial charge in [-0.05, 0) is 41.8 Å². The molecular formula is C23H28N6O3. The summed E-state index contributed by atoms with van der Waals surface area (Å²) in [7, 11) is 0. The van der Waals surface area contributed by atoms with Crippen LogP contribution in [-0.2, 0) is 20.8 Å². The van der Waals surface area contributed by atoms with Gasteiger partial charge in [0.1, 0.15) is 6.04 Å². The van der Waals surface area contributed by atoms with Crippen LogP contribution in [0.5, 0.6) is 0 Å². The Kier molecular flexibility index (Phi) is 6.77. The number of piperazine rings is 1. The molecule has 32 heavy (non-hydrogen) atoms. The van der Waals surface area contributed by atoms with Gasteiger partial charge in [0, 0.05) is 57.2 Å². The van der Waals surface area contributed by atoms with Crippen molar-refractivity contribution in [3.8, 4) is 0 Å². The van der Waals surface area contributed by atoms with Crippen molar-refractivity contribution in [3.63, 3.8) is 0 Å². The number of pyridine rings is 1. The van der Waals surface area contributed by atoms with E-state index in [4.69, 9.17) is 0 Å². The number of carbonyl (C=O) groups excluding carboxylic acids is 3. The summed E-state index contributed by atoms with van der Waals surface area (Å²) in [6, 6.07) is 11.0. The second-order valence-corrected chi connectivity index (χ2v) is 8.17. The van der Waals surface area contributed by atoms with E-state index >= 15 is 0 Å². The van der Waals surface area contributed by atoms with E-state index in [1.165, 1.54) is 6.92 Å². The van der Waals surface area contributed by atoms with Crippen molar-refractivity contribution in [2.45, 2.75) is 31.8 Å². The molecule has 0 spiro atoms. The van der Waals surface area contributed by atoms with Gasteiger partial charge in [0.15, 0.2) is 0 Å². The quantitative estimate of drug-likeness (QED) is 0.642. The van der Waals surface area contributed by atoms with Crippen LogP contribution in [0.25, 0.3) is 0 Å². The first kappa shape index (κ1) is 21.9. The molecule has 2 aliphatic rings. The van der Waals surface area contributed by atoms with E-state index in [-0.39, 0.29) is 29.8 Å². The van der Waals surface area contributed by atoms with E-state index in [0.29, 0.717) is 44.7 Å². The number of nitrogens with one attached hydrogen (secondary N) is 3. The summed E-state index contributed by atoms with van der Waals surface area (Å²) in [5, 5.41) is 2.72. The first-order chi connectivity index (χ1) is 15.5. The van der Waals surface area contributed by atoms with Gasteiger partial charge in [-0.15, -0.1) is 0 Å². The monoisotopic (exact) mass is 436 g/mol. The molecule has 3 N–H and O–H groups in total. The molecule has 0 saturated carbocycles. The zero-order valence-electron chi connectivity index (χ0n) is 18.1. The Labute approximate surface area is 187 Å². The van der Waals surface area contributed by atoms with Gasteiger partial charge in [0.05, 0.1) is 6.42 Å². The first-order valence-electron chi connectivity index (χ1n) is 10.8. The van der Waals surface area contributed by atoms with Crippen molar-refractivity contribution in [2.24, 2.45) is 0 Å². The third-order valence-electron chi connectivity index (χ3n) is 5.88. The van der Waals surface area contributed by atoms with Crippen molar-refractivity contribution in [1.29, 1.82) is 0 Å². The fourth-order valence-corrected chi connectivity index (χ4v) is 4.12. The molecule has 2 saturated heterocycles. The highest BCUT2D eigenvalue weighted by molar-refractivity contribution is 5.88. The van der Waals surface area contributed by atoms with E-state index in [2.05, 4.69) is 21.2 Å². The lowest BCUT2D eigenvalue weighted by atomic mass is 10.0. The van der Waals surface area contributed by atoms with E-state index in [1.54, 1.807) is 24.5 Å². The lowest BCUT2D eigenvalue weighted by Gasteiger charge is -2.36. The average molecular weight is 437 g/mol. The molecule has 0 bridgehead atoms. The fourth-order valence-electron chi connectivity index (χ4n) is 4.12. The maximum atomic E-state index is 12.9. The number of rotatable bonds is 5. The molecule has 1 aromatic carbocycles. The summed E-state index contributed by atoms with van der Waals surface area (Å²) in [6.07, 6.45) is 4.48. The molecule has 3 heterocycles. The van der Waals surface area contributed by atoms with Gasteiger partial charge < -0.3 is 15.1 Å². The van der Waals surface area contributed by atoms with Crippen LogP contribution in [0, 0.1) is 0 Å². The maximum absolute atomic E-state index is 12.9. The zero-order valence-corrected chi connectivity index (χ0v) is 18.1. The van der Waals surface area contributed by atoms with Crippen LogP contribution in [0.2, 0.25) is 0 Å². The fraction of sp³-hybridized carbons (Fsp3) is 0.391. The number of anilines is 1. The number of hydrazine groups is 1. The highest BCUT2D eigenvalue weighted by Crippen LogP contribution is 2.23. The minimum absolute atomic E-state index is 0.0442. The van der Waals surface area contributed by atoms with Gasteiger partial charge in [-0.3, -0.25) is 19.4 Å². The normalized spacial score (nSPS) is 20.8. The van der Waals surface area contributed by atoms with Gasteiger partial charge in [-0.25, -0.2) is 10.9 Å². The molecule has 1 aromatic heterocycles. The van der Waals surface area contributed by atoms with E-state index in [9.17, 15) is 14.4 Å². The highest BCUT2D eigenvalue weighted by atomic mass is 16.2. The zero-order chi connectivity index (χ0) is 22.5. The molecule has 2 aliphatic heterocycles. The minimum atomic E-state index is -0.280. The molecule has 9 heteroatoms. The Morgan fingerprint density at radius 3 is 2.28 bits per heavy atom. The van der Waals surface area contributed by atoms with Crippen molar-refractivity contribution in [1.82, 2.24) is 25.6 Å². The summed E-state index contributed by atoms with van der Waals surface area (Å²) in [5.41, 5.74) is 9.02. The van der Waals surface area contributed by atoms with Gasteiger partial charge >= 0.3 is 0 Å². The molecule has 168 valence electrons. The molecule has 3 amide bonds. The van der Waals surface area contributed by atoms with Gasteiger partial charge in [0.25, 0.3) is 0 Å². The minimum Gasteiger partial charge on any atom is -0.339 e. The summed E-state index contributed by atoms with van der Waals surface area (Å²) in [6.45, 7) is 3.58. The number of carbonyl (C=O) groups is 3. The summed E-state index contributed by atoms with van der Waals surface area (Å²) in [4.78, 5) is 44.4. The highest BCUT2D eigenvalue weighted by Gasteiger charge is 2.34. The summed E-state index contributed by atoms with van der Waals surface area (Å²) < 4.78 is 0. The first-order valence-corrected chi connectivity index (χ1v) is 10.8. The molecule has 2 unspecified atom stereocenters. The molecular weight excluding hydrogens is 408 g/mol. The topological polar surface area (TPSA) is 107 Å². The molecule has 9 nitrogen and oxygen atoms in total. The van der Waals surface area contributed by atoms with Gasteiger partial charge in [0.2, 0.25) is 17.7 Å². The largest absolute Gasteiger partial charge is 0.339 e. The molecule has 4 rings (SSSR count). The Morgan fingerprint density at radius 1 is 0.969 bits per heavy atom. The Balaban J connectivity index is 1.24. The second kappa shape index (κ2) is 9.88. The molecule has 2 fully saturated rings. The molecule has 0 radical (unpaired) electrons. The lowest BCUT2D eigenvalue weighted by molar-refractivity contribution is -0.140. The van der Waals surface area contributed by atoms with Crippen LogP contribution in [0.15, 0.2) is 48.8 Å². The van der Waals surface area contributed by atoms with Crippen molar-refractivity contribution in [3.05, 3.63) is 59.9 Å². The van der Waals surface area contributed by atoms with Crippen LogP contribution >= 0.6 is 0 Å². The van der Waals surface area contributed by atoms with E-state index < -0.39 is 0 Å². The third kappa shape index (κ3) is 5.30. The lowest BCUT2D eigenvalue weighted by Crippen LogP contribution is -2.54. The van der Waals surface area contributed by atoms with Crippen LogP contribution in [0.1, 0.15) is 30.5 Å². The predicted octanol–water partition coefficient (Wildman–Crippen LogP) is 0.861. The number of amides is 3. The number of nitrogens with zero attached hydrogens (tertiary/aromatic N) is 3. The maximum Gasteiger partial charge on any atom is 0.241 e. The number of hydrogen-bond acceptors (Lipinski definition) is 6. The van der Waals surface area contributed by atoms with Crippen LogP contribution < -0.4 is 16.2 Å². The summed E-state index contributed by atoms with van der Waals surface area (Å²) >= 11 is 0. The van der Waals surface area contributed by atoms with E-state index in [1.807, 2.05) is 34.1 Å². The molecule has 0 aliphatic carbocycles. The van der Waals surface area contributed by atoms with Crippen molar-refractivity contribution >= 4 is 23.4 Å². The number of benzene rings is 1. The number of hydrogen-bond donors (Lipinski definition) is 3. The second-order valence-electron chi connectivity index (χ2n) is 8.17. The smallest absolute Gasteiger partial charge is 0.241 e. The third-order valence-corrected chi connectivity index (χ3v) is 5.88. The molecule has 2 atom stereocenters. The Hall–Kier alpha value is -3.30.